The molecule has 2 aromatic rings. The summed E-state index contributed by atoms with van der Waals surface area (Å²) in [6, 6.07) is 7.53. The van der Waals surface area contributed by atoms with E-state index in [9.17, 15) is 9.18 Å². The van der Waals surface area contributed by atoms with Gasteiger partial charge >= 0.3 is 0 Å². The summed E-state index contributed by atoms with van der Waals surface area (Å²) in [5, 5.41) is 3.24. The number of carbonyl (C=O) groups excluding carboxylic acids is 1. The van der Waals surface area contributed by atoms with Crippen molar-refractivity contribution in [3.05, 3.63) is 47.7 Å². The molecule has 6 nitrogen and oxygen atoms in total. The van der Waals surface area contributed by atoms with Crippen molar-refractivity contribution >= 4 is 17.4 Å². The first-order valence-corrected chi connectivity index (χ1v) is 11.9. The Morgan fingerprint density at radius 2 is 1.94 bits per heavy atom. The van der Waals surface area contributed by atoms with Crippen LogP contribution in [-0.2, 0) is 4.79 Å². The van der Waals surface area contributed by atoms with Crippen LogP contribution in [0.4, 0.5) is 15.9 Å². The predicted molar refractivity (Wildman–Crippen MR) is 125 cm³/mol. The standard InChI is InChI=1S/C25H34FN5O/c1-18-15-22(29-24-7-6-21(26)17-27-24)16-23(28-18)20-9-13-31(14-10-20)25(32)8-5-19(2)30-11-3-4-12-30/h6-7,15-17,19-20H,3-5,8-14H2,1-2H3,(H,27,28,29)/t19-/m0/s1. The minimum absolute atomic E-state index is 0.288. The summed E-state index contributed by atoms with van der Waals surface area (Å²) in [7, 11) is 0. The summed E-state index contributed by atoms with van der Waals surface area (Å²) in [6.07, 6.45) is 7.23. The Morgan fingerprint density at radius 3 is 2.62 bits per heavy atom. The smallest absolute Gasteiger partial charge is 0.222 e. The number of aromatic nitrogens is 2. The van der Waals surface area contributed by atoms with E-state index in [0.29, 0.717) is 24.2 Å². The minimum Gasteiger partial charge on any atom is -0.343 e. The first-order valence-electron chi connectivity index (χ1n) is 11.9. The van der Waals surface area contributed by atoms with Gasteiger partial charge in [0.15, 0.2) is 0 Å². The highest BCUT2D eigenvalue weighted by Crippen LogP contribution is 2.30. The molecule has 0 spiro atoms. The van der Waals surface area contributed by atoms with E-state index in [-0.39, 0.29) is 11.7 Å². The second-order valence-electron chi connectivity index (χ2n) is 9.19. The fraction of sp³-hybridized carbons (Fsp3) is 0.560. The van der Waals surface area contributed by atoms with Gasteiger partial charge in [-0.3, -0.25) is 9.78 Å². The summed E-state index contributed by atoms with van der Waals surface area (Å²) in [5.41, 5.74) is 2.88. The highest BCUT2D eigenvalue weighted by Gasteiger charge is 2.26. The van der Waals surface area contributed by atoms with E-state index in [0.717, 1.165) is 49.4 Å². The number of anilines is 2. The lowest BCUT2D eigenvalue weighted by Crippen LogP contribution is -2.39. The van der Waals surface area contributed by atoms with Crippen LogP contribution in [0, 0.1) is 12.7 Å². The van der Waals surface area contributed by atoms with Gasteiger partial charge < -0.3 is 15.1 Å². The van der Waals surface area contributed by atoms with E-state index in [1.54, 1.807) is 6.07 Å². The monoisotopic (exact) mass is 439 g/mol. The van der Waals surface area contributed by atoms with Gasteiger partial charge in [-0.15, -0.1) is 0 Å². The number of aryl methyl sites for hydroxylation is 1. The van der Waals surface area contributed by atoms with Crippen molar-refractivity contribution in [1.82, 2.24) is 19.8 Å². The summed E-state index contributed by atoms with van der Waals surface area (Å²) in [5.74, 6) is 0.876. The second-order valence-corrected chi connectivity index (χ2v) is 9.19. The lowest BCUT2D eigenvalue weighted by atomic mass is 9.92. The Kier molecular flexibility index (Phi) is 7.35. The molecule has 172 valence electrons. The number of rotatable bonds is 7. The Bertz CT molecular complexity index is 905. The van der Waals surface area contributed by atoms with Gasteiger partial charge in [-0.25, -0.2) is 9.37 Å². The highest BCUT2D eigenvalue weighted by molar-refractivity contribution is 5.76. The molecule has 32 heavy (non-hydrogen) atoms. The first-order chi connectivity index (χ1) is 15.5. The number of nitrogens with one attached hydrogen (secondary N) is 1. The first kappa shape index (κ1) is 22.6. The Hall–Kier alpha value is -2.54. The Morgan fingerprint density at radius 1 is 1.19 bits per heavy atom. The zero-order valence-electron chi connectivity index (χ0n) is 19.2. The van der Waals surface area contributed by atoms with E-state index in [4.69, 9.17) is 4.98 Å². The van der Waals surface area contributed by atoms with Crippen LogP contribution in [0.15, 0.2) is 30.5 Å². The number of hydrogen-bond donors (Lipinski definition) is 1. The van der Waals surface area contributed by atoms with Crippen LogP contribution in [0.25, 0.3) is 0 Å². The van der Waals surface area contributed by atoms with E-state index >= 15 is 0 Å². The lowest BCUT2D eigenvalue weighted by molar-refractivity contribution is -0.132. The number of likely N-dealkylation sites (tertiary alicyclic amines) is 2. The van der Waals surface area contributed by atoms with Crippen LogP contribution in [-0.4, -0.2) is 57.9 Å². The fourth-order valence-electron chi connectivity index (χ4n) is 4.85. The molecule has 0 saturated carbocycles. The third-order valence-corrected chi connectivity index (χ3v) is 6.78. The van der Waals surface area contributed by atoms with Gasteiger partial charge in [-0.1, -0.05) is 0 Å². The molecule has 0 unspecified atom stereocenters. The van der Waals surface area contributed by atoms with Crippen molar-refractivity contribution in [3.8, 4) is 0 Å². The molecule has 7 heteroatoms. The second kappa shape index (κ2) is 10.4. The maximum Gasteiger partial charge on any atom is 0.222 e. The minimum atomic E-state index is -0.353. The highest BCUT2D eigenvalue weighted by atomic mass is 19.1. The van der Waals surface area contributed by atoms with E-state index in [1.165, 1.54) is 38.2 Å². The van der Waals surface area contributed by atoms with Crippen molar-refractivity contribution in [2.24, 2.45) is 0 Å². The number of hydrogen-bond acceptors (Lipinski definition) is 5. The molecule has 2 saturated heterocycles. The predicted octanol–water partition coefficient (Wildman–Crippen LogP) is 4.64. The van der Waals surface area contributed by atoms with E-state index in [1.807, 2.05) is 17.9 Å². The average molecular weight is 440 g/mol. The Labute approximate surface area is 190 Å². The third-order valence-electron chi connectivity index (χ3n) is 6.78. The van der Waals surface area contributed by atoms with Gasteiger partial charge in [-0.05, 0) is 83.3 Å². The van der Waals surface area contributed by atoms with Crippen molar-refractivity contribution < 1.29 is 9.18 Å². The Balaban J connectivity index is 1.30. The summed E-state index contributed by atoms with van der Waals surface area (Å²) in [6.45, 7) is 8.17. The normalized spacial score (nSPS) is 18.7. The molecular weight excluding hydrogens is 405 g/mol. The SMILES string of the molecule is Cc1cc(Nc2ccc(F)cn2)cc(C2CCN(C(=O)CC[C@H](C)N3CCCC3)CC2)n1. The molecule has 1 amide bonds. The van der Waals surface area contributed by atoms with E-state index in [2.05, 4.69) is 28.2 Å². The molecule has 0 aromatic carbocycles. The van der Waals surface area contributed by atoms with Gasteiger partial charge in [0.2, 0.25) is 5.91 Å². The quantitative estimate of drug-likeness (QED) is 0.681. The molecule has 0 aliphatic carbocycles. The number of amides is 1. The van der Waals surface area contributed by atoms with Crippen molar-refractivity contribution in [2.75, 3.05) is 31.5 Å². The zero-order chi connectivity index (χ0) is 22.5. The average Bonchev–Trinajstić information content (AvgIpc) is 3.34. The summed E-state index contributed by atoms with van der Waals surface area (Å²) >= 11 is 0. The zero-order valence-corrected chi connectivity index (χ0v) is 19.2. The van der Waals surface area contributed by atoms with E-state index < -0.39 is 0 Å². The lowest BCUT2D eigenvalue weighted by Gasteiger charge is -2.33. The summed E-state index contributed by atoms with van der Waals surface area (Å²) < 4.78 is 13.1. The fourth-order valence-corrected chi connectivity index (χ4v) is 4.85. The molecule has 1 N–H and O–H groups in total. The molecule has 2 fully saturated rings. The molecule has 2 aliphatic heterocycles. The molecule has 0 bridgehead atoms. The largest absolute Gasteiger partial charge is 0.343 e. The summed E-state index contributed by atoms with van der Waals surface area (Å²) in [4.78, 5) is 26.1. The third kappa shape index (κ3) is 5.82. The number of halogens is 1. The van der Waals surface area contributed by atoms with Crippen molar-refractivity contribution in [1.29, 1.82) is 0 Å². The molecular formula is C25H34FN5O. The molecule has 4 rings (SSSR count). The van der Waals surface area contributed by atoms with Crippen LogP contribution in [0.1, 0.15) is 62.8 Å². The molecule has 0 radical (unpaired) electrons. The van der Waals surface area contributed by atoms with Gasteiger partial charge in [0, 0.05) is 48.5 Å². The van der Waals surface area contributed by atoms with Crippen LogP contribution >= 0.6 is 0 Å². The maximum atomic E-state index is 13.1. The number of piperidine rings is 1. The molecule has 2 aliphatic rings. The molecule has 1 atom stereocenters. The van der Waals surface area contributed by atoms with Crippen LogP contribution in [0.3, 0.4) is 0 Å². The number of nitrogens with zero attached hydrogens (tertiary/aromatic N) is 4. The number of carbonyl (C=O) groups is 1. The number of pyridine rings is 2. The van der Waals surface area contributed by atoms with Crippen LogP contribution in [0.5, 0.6) is 0 Å². The van der Waals surface area contributed by atoms with Crippen LogP contribution in [0.2, 0.25) is 0 Å². The van der Waals surface area contributed by atoms with Crippen molar-refractivity contribution in [3.63, 3.8) is 0 Å². The van der Waals surface area contributed by atoms with Gasteiger partial charge in [-0.2, -0.15) is 0 Å². The van der Waals surface area contributed by atoms with Gasteiger partial charge in [0.25, 0.3) is 0 Å². The van der Waals surface area contributed by atoms with Crippen LogP contribution < -0.4 is 5.32 Å². The van der Waals surface area contributed by atoms with Crippen molar-refractivity contribution in [2.45, 2.75) is 64.3 Å². The molecule has 2 aromatic heterocycles. The van der Waals surface area contributed by atoms with Gasteiger partial charge in [0.05, 0.1) is 6.20 Å². The topological polar surface area (TPSA) is 61.4 Å². The van der Waals surface area contributed by atoms with Gasteiger partial charge in [0.1, 0.15) is 11.6 Å². The maximum absolute atomic E-state index is 13.1. The molecule has 4 heterocycles.